The predicted octanol–water partition coefficient (Wildman–Crippen LogP) is 0.282. The molecule has 0 aliphatic carbocycles. The standard InChI is InChI=1S/C10H18O5/c1-5-14-10-9(13-4)8(12-3)7(11)6(2)15-10/h5-11H,1H2,2-4H3. The highest BCUT2D eigenvalue weighted by Crippen LogP contribution is 2.25. The fourth-order valence-electron chi connectivity index (χ4n) is 1.71. The highest BCUT2D eigenvalue weighted by atomic mass is 16.7. The van der Waals surface area contributed by atoms with Crippen LogP contribution in [0.1, 0.15) is 6.92 Å². The largest absolute Gasteiger partial charge is 0.470 e. The summed E-state index contributed by atoms with van der Waals surface area (Å²) in [6, 6.07) is 0. The van der Waals surface area contributed by atoms with Crippen molar-refractivity contribution >= 4 is 0 Å². The van der Waals surface area contributed by atoms with E-state index in [4.69, 9.17) is 18.9 Å². The second kappa shape index (κ2) is 5.46. The van der Waals surface area contributed by atoms with Gasteiger partial charge in [-0.25, -0.2) is 0 Å². The third-order valence-electron chi connectivity index (χ3n) is 2.53. The van der Waals surface area contributed by atoms with Crippen LogP contribution in [0.4, 0.5) is 0 Å². The predicted molar refractivity (Wildman–Crippen MR) is 53.2 cm³/mol. The molecule has 1 aliphatic heterocycles. The molecule has 0 amide bonds. The van der Waals surface area contributed by atoms with Crippen LogP contribution in [0.2, 0.25) is 0 Å². The molecule has 5 unspecified atom stereocenters. The van der Waals surface area contributed by atoms with E-state index in [0.717, 1.165) is 0 Å². The molecule has 1 fully saturated rings. The average Bonchev–Trinajstić information content (AvgIpc) is 2.23. The minimum Gasteiger partial charge on any atom is -0.470 e. The van der Waals surface area contributed by atoms with Gasteiger partial charge in [0.1, 0.15) is 18.3 Å². The molecule has 1 heterocycles. The zero-order valence-corrected chi connectivity index (χ0v) is 9.25. The molecule has 0 aromatic rings. The third-order valence-corrected chi connectivity index (χ3v) is 2.53. The van der Waals surface area contributed by atoms with E-state index in [0.29, 0.717) is 0 Å². The molecule has 15 heavy (non-hydrogen) atoms. The van der Waals surface area contributed by atoms with E-state index in [-0.39, 0.29) is 6.10 Å². The molecule has 0 aromatic carbocycles. The van der Waals surface area contributed by atoms with Crippen LogP contribution in [-0.2, 0) is 18.9 Å². The zero-order chi connectivity index (χ0) is 11.4. The fourth-order valence-corrected chi connectivity index (χ4v) is 1.71. The summed E-state index contributed by atoms with van der Waals surface area (Å²) < 4.78 is 21.0. The summed E-state index contributed by atoms with van der Waals surface area (Å²) >= 11 is 0. The topological polar surface area (TPSA) is 57.2 Å². The molecule has 5 atom stereocenters. The fraction of sp³-hybridized carbons (Fsp3) is 0.800. The summed E-state index contributed by atoms with van der Waals surface area (Å²) in [6.07, 6.45) is -1.36. The highest BCUT2D eigenvalue weighted by molar-refractivity contribution is 4.89. The van der Waals surface area contributed by atoms with Crippen LogP contribution in [0.5, 0.6) is 0 Å². The van der Waals surface area contributed by atoms with E-state index in [9.17, 15) is 5.11 Å². The second-order valence-electron chi connectivity index (χ2n) is 3.40. The Bertz CT molecular complexity index is 208. The first-order chi connectivity index (χ1) is 7.15. The number of methoxy groups -OCH3 is 2. The monoisotopic (exact) mass is 218 g/mol. The van der Waals surface area contributed by atoms with E-state index in [1.165, 1.54) is 20.5 Å². The molecule has 0 radical (unpaired) electrons. The molecule has 0 aromatic heterocycles. The van der Waals surface area contributed by atoms with Crippen LogP contribution in [0.25, 0.3) is 0 Å². The lowest BCUT2D eigenvalue weighted by molar-refractivity contribution is -0.288. The number of ether oxygens (including phenoxy) is 4. The van der Waals surface area contributed by atoms with Gasteiger partial charge < -0.3 is 24.1 Å². The molecule has 1 N–H and O–H groups in total. The van der Waals surface area contributed by atoms with Crippen LogP contribution >= 0.6 is 0 Å². The molecule has 1 rings (SSSR count). The van der Waals surface area contributed by atoms with Crippen molar-refractivity contribution < 1.29 is 24.1 Å². The number of hydrogen-bond acceptors (Lipinski definition) is 5. The maximum atomic E-state index is 9.81. The lowest BCUT2D eigenvalue weighted by Crippen LogP contribution is -2.58. The van der Waals surface area contributed by atoms with E-state index in [2.05, 4.69) is 6.58 Å². The second-order valence-corrected chi connectivity index (χ2v) is 3.40. The van der Waals surface area contributed by atoms with Crippen molar-refractivity contribution in [3.05, 3.63) is 12.8 Å². The van der Waals surface area contributed by atoms with Crippen molar-refractivity contribution in [2.24, 2.45) is 0 Å². The van der Waals surface area contributed by atoms with Gasteiger partial charge in [0.2, 0.25) is 6.29 Å². The van der Waals surface area contributed by atoms with Crippen molar-refractivity contribution in [2.45, 2.75) is 37.6 Å². The minimum atomic E-state index is -0.732. The van der Waals surface area contributed by atoms with Crippen LogP contribution in [-0.4, -0.2) is 50.0 Å². The van der Waals surface area contributed by atoms with Gasteiger partial charge in [0.15, 0.2) is 0 Å². The lowest BCUT2D eigenvalue weighted by atomic mass is 9.99. The average molecular weight is 218 g/mol. The van der Waals surface area contributed by atoms with E-state index in [1.807, 2.05) is 0 Å². The first-order valence-electron chi connectivity index (χ1n) is 4.81. The zero-order valence-electron chi connectivity index (χ0n) is 9.25. The first-order valence-corrected chi connectivity index (χ1v) is 4.81. The molecule has 5 heteroatoms. The Balaban J connectivity index is 2.77. The van der Waals surface area contributed by atoms with Crippen molar-refractivity contribution in [3.63, 3.8) is 0 Å². The molecule has 1 saturated heterocycles. The summed E-state index contributed by atoms with van der Waals surface area (Å²) in [5.74, 6) is 0. The molecule has 1 aliphatic rings. The Hall–Kier alpha value is -0.620. The number of rotatable bonds is 4. The summed E-state index contributed by atoms with van der Waals surface area (Å²) in [4.78, 5) is 0. The quantitative estimate of drug-likeness (QED) is 0.687. The Labute approximate surface area is 89.6 Å². The molecule has 0 spiro atoms. The summed E-state index contributed by atoms with van der Waals surface area (Å²) in [7, 11) is 3.03. The summed E-state index contributed by atoms with van der Waals surface area (Å²) in [5.41, 5.74) is 0. The van der Waals surface area contributed by atoms with Gasteiger partial charge in [0, 0.05) is 14.2 Å². The van der Waals surface area contributed by atoms with Gasteiger partial charge in [-0.2, -0.15) is 0 Å². The van der Waals surface area contributed by atoms with Crippen LogP contribution in [0.15, 0.2) is 12.8 Å². The molecule has 88 valence electrons. The normalized spacial score (nSPS) is 41.2. The van der Waals surface area contributed by atoms with Gasteiger partial charge in [-0.05, 0) is 6.92 Å². The molecular formula is C10H18O5. The number of hydrogen-bond donors (Lipinski definition) is 1. The number of aliphatic hydroxyl groups excluding tert-OH is 1. The van der Waals surface area contributed by atoms with Crippen molar-refractivity contribution in [2.75, 3.05) is 14.2 Å². The van der Waals surface area contributed by atoms with Crippen molar-refractivity contribution in [1.82, 2.24) is 0 Å². The summed E-state index contributed by atoms with van der Waals surface area (Å²) in [6.45, 7) is 5.21. The minimum absolute atomic E-state index is 0.369. The molecule has 5 nitrogen and oxygen atoms in total. The maximum absolute atomic E-state index is 9.81. The SMILES string of the molecule is C=COC1OC(C)C(O)C(OC)C1OC. The molecule has 0 saturated carbocycles. The van der Waals surface area contributed by atoms with Gasteiger partial charge in [-0.3, -0.25) is 0 Å². The van der Waals surface area contributed by atoms with Crippen molar-refractivity contribution in [3.8, 4) is 0 Å². The van der Waals surface area contributed by atoms with Gasteiger partial charge >= 0.3 is 0 Å². The van der Waals surface area contributed by atoms with E-state index >= 15 is 0 Å². The van der Waals surface area contributed by atoms with Gasteiger partial charge in [0.25, 0.3) is 0 Å². The smallest absolute Gasteiger partial charge is 0.228 e. The van der Waals surface area contributed by atoms with Crippen molar-refractivity contribution in [1.29, 1.82) is 0 Å². The van der Waals surface area contributed by atoms with E-state index in [1.54, 1.807) is 6.92 Å². The first kappa shape index (κ1) is 12.4. The van der Waals surface area contributed by atoms with Gasteiger partial charge in [-0.15, -0.1) is 0 Å². The highest BCUT2D eigenvalue weighted by Gasteiger charge is 2.45. The molecular weight excluding hydrogens is 200 g/mol. The Morgan fingerprint density at radius 2 is 1.87 bits per heavy atom. The van der Waals surface area contributed by atoms with Gasteiger partial charge in [-0.1, -0.05) is 6.58 Å². The maximum Gasteiger partial charge on any atom is 0.228 e. The van der Waals surface area contributed by atoms with Gasteiger partial charge in [0.05, 0.1) is 12.4 Å². The Morgan fingerprint density at radius 3 is 2.33 bits per heavy atom. The number of aliphatic hydroxyl groups is 1. The Kier molecular flexibility index (Phi) is 4.53. The molecule has 0 bridgehead atoms. The Morgan fingerprint density at radius 1 is 1.27 bits per heavy atom. The lowest BCUT2D eigenvalue weighted by Gasteiger charge is -2.41. The van der Waals surface area contributed by atoms with Crippen LogP contribution in [0.3, 0.4) is 0 Å². The van der Waals surface area contributed by atoms with E-state index < -0.39 is 24.6 Å². The summed E-state index contributed by atoms with van der Waals surface area (Å²) in [5, 5.41) is 9.81. The van der Waals surface area contributed by atoms with Crippen LogP contribution in [0, 0.1) is 0 Å². The third kappa shape index (κ3) is 2.49. The van der Waals surface area contributed by atoms with Crippen LogP contribution < -0.4 is 0 Å².